The summed E-state index contributed by atoms with van der Waals surface area (Å²) in [5, 5.41) is 3.88. The summed E-state index contributed by atoms with van der Waals surface area (Å²) >= 11 is 6.00. The van der Waals surface area contributed by atoms with E-state index in [-0.39, 0.29) is 17.9 Å². The number of halogens is 1. The molecular formula is C15H20ClNO. The monoisotopic (exact) mass is 265 g/mol. The van der Waals surface area contributed by atoms with Crippen molar-refractivity contribution < 1.29 is 4.79 Å². The van der Waals surface area contributed by atoms with Crippen molar-refractivity contribution in [3.63, 3.8) is 0 Å². The molecular weight excluding hydrogens is 246 g/mol. The molecule has 0 heterocycles. The van der Waals surface area contributed by atoms with Crippen molar-refractivity contribution in [1.29, 1.82) is 0 Å². The zero-order valence-electron chi connectivity index (χ0n) is 10.8. The second-order valence-corrected chi connectivity index (χ2v) is 5.44. The fraction of sp³-hybridized carbons (Fsp3) is 0.533. The molecule has 0 saturated heterocycles. The average molecular weight is 266 g/mol. The molecule has 0 aliphatic heterocycles. The lowest BCUT2D eigenvalue weighted by Gasteiger charge is -2.20. The van der Waals surface area contributed by atoms with Crippen LogP contribution in [0.15, 0.2) is 24.3 Å². The highest BCUT2D eigenvalue weighted by atomic mass is 35.5. The quantitative estimate of drug-likeness (QED) is 0.873. The SMILES string of the molecule is CCC(NC(=O)C1CCCC1)c1cccc(Cl)c1. The molecule has 2 rings (SSSR count). The fourth-order valence-electron chi connectivity index (χ4n) is 2.62. The predicted octanol–water partition coefficient (Wildman–Crippen LogP) is 4.10. The zero-order valence-corrected chi connectivity index (χ0v) is 11.5. The Morgan fingerprint density at radius 3 is 2.78 bits per heavy atom. The lowest BCUT2D eigenvalue weighted by Crippen LogP contribution is -2.32. The number of carbonyl (C=O) groups is 1. The first kappa shape index (κ1) is 13.4. The molecule has 0 radical (unpaired) electrons. The van der Waals surface area contributed by atoms with Crippen molar-refractivity contribution in [3.05, 3.63) is 34.9 Å². The molecule has 1 unspecified atom stereocenters. The number of amides is 1. The average Bonchev–Trinajstić information content (AvgIpc) is 2.89. The summed E-state index contributed by atoms with van der Waals surface area (Å²) in [6.07, 6.45) is 5.34. The molecule has 1 amide bonds. The number of benzene rings is 1. The Kier molecular flexibility index (Phi) is 4.65. The van der Waals surface area contributed by atoms with Gasteiger partial charge in [-0.25, -0.2) is 0 Å². The maximum absolute atomic E-state index is 12.1. The van der Waals surface area contributed by atoms with Crippen molar-refractivity contribution in [3.8, 4) is 0 Å². The van der Waals surface area contributed by atoms with Crippen LogP contribution in [0.4, 0.5) is 0 Å². The Morgan fingerprint density at radius 1 is 1.44 bits per heavy atom. The molecule has 2 nitrogen and oxygen atoms in total. The molecule has 1 atom stereocenters. The minimum Gasteiger partial charge on any atom is -0.349 e. The Balaban J connectivity index is 2.02. The van der Waals surface area contributed by atoms with Crippen LogP contribution >= 0.6 is 11.6 Å². The molecule has 98 valence electrons. The normalized spacial score (nSPS) is 17.7. The van der Waals surface area contributed by atoms with Crippen LogP contribution in [0.1, 0.15) is 50.6 Å². The lowest BCUT2D eigenvalue weighted by molar-refractivity contribution is -0.125. The summed E-state index contributed by atoms with van der Waals surface area (Å²) in [6, 6.07) is 7.83. The number of hydrogen-bond acceptors (Lipinski definition) is 1. The summed E-state index contributed by atoms with van der Waals surface area (Å²) < 4.78 is 0. The second kappa shape index (κ2) is 6.24. The molecule has 3 heteroatoms. The Labute approximate surface area is 114 Å². The van der Waals surface area contributed by atoms with Gasteiger partial charge >= 0.3 is 0 Å². The van der Waals surface area contributed by atoms with Crippen LogP contribution < -0.4 is 5.32 Å². The smallest absolute Gasteiger partial charge is 0.223 e. The standard InChI is InChI=1S/C15H20ClNO/c1-2-14(12-8-5-9-13(16)10-12)17-15(18)11-6-3-4-7-11/h5,8-11,14H,2-4,6-7H2,1H3,(H,17,18). The van der Waals surface area contributed by atoms with Gasteiger partial charge in [-0.2, -0.15) is 0 Å². The topological polar surface area (TPSA) is 29.1 Å². The number of nitrogens with one attached hydrogen (secondary N) is 1. The first-order chi connectivity index (χ1) is 8.70. The number of hydrogen-bond donors (Lipinski definition) is 1. The van der Waals surface area contributed by atoms with Gasteiger partial charge < -0.3 is 5.32 Å². The van der Waals surface area contributed by atoms with Crippen molar-refractivity contribution in [2.24, 2.45) is 5.92 Å². The maximum Gasteiger partial charge on any atom is 0.223 e. The van der Waals surface area contributed by atoms with Gasteiger partial charge in [0.05, 0.1) is 6.04 Å². The zero-order chi connectivity index (χ0) is 13.0. The highest BCUT2D eigenvalue weighted by Crippen LogP contribution is 2.27. The molecule has 1 aromatic rings. The van der Waals surface area contributed by atoms with E-state index in [4.69, 9.17) is 11.6 Å². The summed E-state index contributed by atoms with van der Waals surface area (Å²) in [6.45, 7) is 2.08. The third-order valence-corrected chi connectivity index (χ3v) is 3.94. The summed E-state index contributed by atoms with van der Waals surface area (Å²) in [4.78, 5) is 12.1. The molecule has 18 heavy (non-hydrogen) atoms. The van der Waals surface area contributed by atoms with Crippen LogP contribution in [0.2, 0.25) is 5.02 Å². The van der Waals surface area contributed by atoms with Crippen molar-refractivity contribution >= 4 is 17.5 Å². The molecule has 1 fully saturated rings. The second-order valence-electron chi connectivity index (χ2n) is 5.01. The molecule has 1 aliphatic rings. The van der Waals surface area contributed by atoms with E-state index in [2.05, 4.69) is 12.2 Å². The maximum atomic E-state index is 12.1. The van der Waals surface area contributed by atoms with Gasteiger partial charge in [0.15, 0.2) is 0 Å². The van der Waals surface area contributed by atoms with Crippen molar-refractivity contribution in [2.45, 2.75) is 45.1 Å². The van der Waals surface area contributed by atoms with Crippen LogP contribution in [-0.4, -0.2) is 5.91 Å². The number of rotatable bonds is 4. The first-order valence-corrected chi connectivity index (χ1v) is 7.14. The van der Waals surface area contributed by atoms with Gasteiger partial charge in [-0.05, 0) is 37.0 Å². The summed E-state index contributed by atoms with van der Waals surface area (Å²) in [5.41, 5.74) is 1.09. The molecule has 1 N–H and O–H groups in total. The van der Waals surface area contributed by atoms with Crippen molar-refractivity contribution in [1.82, 2.24) is 5.32 Å². The van der Waals surface area contributed by atoms with Gasteiger partial charge in [0.25, 0.3) is 0 Å². The van der Waals surface area contributed by atoms with E-state index in [0.29, 0.717) is 0 Å². The van der Waals surface area contributed by atoms with Crippen LogP contribution in [0.3, 0.4) is 0 Å². The van der Waals surface area contributed by atoms with E-state index >= 15 is 0 Å². The third kappa shape index (κ3) is 3.26. The molecule has 0 aromatic heterocycles. The van der Waals surface area contributed by atoms with Crippen LogP contribution in [0.25, 0.3) is 0 Å². The highest BCUT2D eigenvalue weighted by molar-refractivity contribution is 6.30. The van der Waals surface area contributed by atoms with E-state index < -0.39 is 0 Å². The van der Waals surface area contributed by atoms with E-state index in [1.54, 1.807) is 0 Å². The van der Waals surface area contributed by atoms with Gasteiger partial charge in [-0.3, -0.25) is 4.79 Å². The molecule has 0 spiro atoms. The van der Waals surface area contributed by atoms with Gasteiger partial charge in [-0.15, -0.1) is 0 Å². The first-order valence-electron chi connectivity index (χ1n) is 6.76. The van der Waals surface area contributed by atoms with Gasteiger partial charge in [-0.1, -0.05) is 43.5 Å². The summed E-state index contributed by atoms with van der Waals surface area (Å²) in [7, 11) is 0. The van der Waals surface area contributed by atoms with E-state index in [0.717, 1.165) is 29.8 Å². The lowest BCUT2D eigenvalue weighted by atomic mass is 10.0. The van der Waals surface area contributed by atoms with Crippen molar-refractivity contribution in [2.75, 3.05) is 0 Å². The number of carbonyl (C=O) groups excluding carboxylic acids is 1. The predicted molar refractivity (Wildman–Crippen MR) is 74.6 cm³/mol. The van der Waals surface area contributed by atoms with Crippen LogP contribution in [-0.2, 0) is 4.79 Å². The van der Waals surface area contributed by atoms with E-state index in [9.17, 15) is 4.79 Å². The van der Waals surface area contributed by atoms with Crippen LogP contribution in [0.5, 0.6) is 0 Å². The summed E-state index contributed by atoms with van der Waals surface area (Å²) in [5.74, 6) is 0.428. The minimum atomic E-state index is 0.0804. The largest absolute Gasteiger partial charge is 0.349 e. The Hall–Kier alpha value is -1.02. The Bertz CT molecular complexity index is 413. The minimum absolute atomic E-state index is 0.0804. The van der Waals surface area contributed by atoms with E-state index in [1.807, 2.05) is 24.3 Å². The highest BCUT2D eigenvalue weighted by Gasteiger charge is 2.24. The molecule has 1 aliphatic carbocycles. The van der Waals surface area contributed by atoms with Crippen LogP contribution in [0, 0.1) is 5.92 Å². The van der Waals surface area contributed by atoms with Gasteiger partial charge in [0.1, 0.15) is 0 Å². The van der Waals surface area contributed by atoms with Gasteiger partial charge in [0.2, 0.25) is 5.91 Å². The molecule has 1 aromatic carbocycles. The van der Waals surface area contributed by atoms with Gasteiger partial charge in [0, 0.05) is 10.9 Å². The fourth-order valence-corrected chi connectivity index (χ4v) is 2.82. The molecule has 1 saturated carbocycles. The molecule has 0 bridgehead atoms. The van der Waals surface area contributed by atoms with E-state index in [1.165, 1.54) is 12.8 Å². The Morgan fingerprint density at radius 2 is 2.17 bits per heavy atom. The third-order valence-electron chi connectivity index (χ3n) is 3.70.